The Bertz CT molecular complexity index is 989. The predicted octanol–water partition coefficient (Wildman–Crippen LogP) is -0.363. The van der Waals surface area contributed by atoms with E-state index in [9.17, 15) is 26.4 Å². The van der Waals surface area contributed by atoms with E-state index in [0.29, 0.717) is 12.2 Å². The molecule has 27 heavy (non-hydrogen) atoms. The zero-order valence-corrected chi connectivity index (χ0v) is 16.1. The van der Waals surface area contributed by atoms with Gasteiger partial charge in [-0.15, -0.1) is 0 Å². The summed E-state index contributed by atoms with van der Waals surface area (Å²) < 4.78 is 57.4. The summed E-state index contributed by atoms with van der Waals surface area (Å²) in [5.41, 5.74) is 0.178. The first kappa shape index (κ1) is 19.6. The predicted molar refractivity (Wildman–Crippen MR) is 95.1 cm³/mol. The maximum atomic E-state index is 12.5. The Labute approximate surface area is 157 Å². The van der Waals surface area contributed by atoms with Crippen LogP contribution in [0, 0.1) is 0 Å². The van der Waals surface area contributed by atoms with E-state index < -0.39 is 37.9 Å². The lowest BCUT2D eigenvalue weighted by atomic mass is 10.2. The van der Waals surface area contributed by atoms with Crippen molar-refractivity contribution in [1.82, 2.24) is 9.03 Å². The van der Waals surface area contributed by atoms with Crippen molar-refractivity contribution in [2.45, 2.75) is 30.7 Å². The fourth-order valence-corrected chi connectivity index (χ4v) is 5.36. The Hall–Kier alpha value is -2.18. The highest BCUT2D eigenvalue weighted by Gasteiger charge is 2.39. The highest BCUT2D eigenvalue weighted by molar-refractivity contribution is 7.90. The number of anilines is 1. The largest absolute Gasteiger partial charge is 0.482 e. The van der Waals surface area contributed by atoms with E-state index >= 15 is 0 Å². The SMILES string of the molecule is CCS(=O)(=O)N1CCC[C@@H]1C(=O)NS(=O)(=O)c1ccc2c(c1)NC(=O)CO2. The summed E-state index contributed by atoms with van der Waals surface area (Å²) in [7, 11) is -7.87. The minimum Gasteiger partial charge on any atom is -0.482 e. The Morgan fingerprint density at radius 1 is 1.33 bits per heavy atom. The van der Waals surface area contributed by atoms with E-state index in [1.54, 1.807) is 0 Å². The van der Waals surface area contributed by atoms with Gasteiger partial charge in [-0.2, -0.15) is 4.31 Å². The van der Waals surface area contributed by atoms with Gasteiger partial charge in [0, 0.05) is 6.54 Å². The van der Waals surface area contributed by atoms with Gasteiger partial charge < -0.3 is 10.1 Å². The number of hydrogen-bond acceptors (Lipinski definition) is 7. The molecule has 10 nitrogen and oxygen atoms in total. The highest BCUT2D eigenvalue weighted by Crippen LogP contribution is 2.30. The molecule has 0 unspecified atom stereocenters. The molecular weight excluding hydrogens is 398 g/mol. The molecule has 0 aliphatic carbocycles. The molecule has 1 atom stereocenters. The average molecular weight is 417 g/mol. The maximum Gasteiger partial charge on any atom is 0.264 e. The summed E-state index contributed by atoms with van der Waals surface area (Å²) in [5, 5.41) is 2.49. The second-order valence-corrected chi connectivity index (χ2v) is 10.0. The van der Waals surface area contributed by atoms with Gasteiger partial charge in [0.15, 0.2) is 6.61 Å². The minimum atomic E-state index is -4.25. The molecule has 2 aliphatic heterocycles. The Kier molecular flexibility index (Phi) is 5.14. The number of nitrogens with one attached hydrogen (secondary N) is 2. The van der Waals surface area contributed by atoms with Gasteiger partial charge in [-0.3, -0.25) is 9.59 Å². The van der Waals surface area contributed by atoms with Crippen LogP contribution in [0.4, 0.5) is 5.69 Å². The fourth-order valence-electron chi connectivity index (χ4n) is 2.99. The zero-order valence-electron chi connectivity index (χ0n) is 14.5. The van der Waals surface area contributed by atoms with Gasteiger partial charge in [-0.1, -0.05) is 0 Å². The third-order valence-electron chi connectivity index (χ3n) is 4.36. The molecule has 2 N–H and O–H groups in total. The number of fused-ring (bicyclic) bond motifs is 1. The molecule has 1 aromatic rings. The smallest absolute Gasteiger partial charge is 0.264 e. The van der Waals surface area contributed by atoms with Gasteiger partial charge in [-0.25, -0.2) is 21.6 Å². The zero-order chi connectivity index (χ0) is 19.8. The summed E-state index contributed by atoms with van der Waals surface area (Å²) >= 11 is 0. The van der Waals surface area contributed by atoms with Crippen LogP contribution in [-0.4, -0.2) is 57.9 Å². The van der Waals surface area contributed by atoms with Crippen molar-refractivity contribution in [2.75, 3.05) is 24.2 Å². The molecule has 0 radical (unpaired) electrons. The monoisotopic (exact) mass is 417 g/mol. The molecule has 148 valence electrons. The number of sulfonamides is 2. The van der Waals surface area contributed by atoms with Crippen molar-refractivity contribution in [2.24, 2.45) is 0 Å². The molecular formula is C15H19N3O7S2. The third kappa shape index (κ3) is 3.92. The van der Waals surface area contributed by atoms with Crippen LogP contribution < -0.4 is 14.8 Å². The highest BCUT2D eigenvalue weighted by atomic mass is 32.2. The minimum absolute atomic E-state index is 0.167. The molecule has 1 aromatic carbocycles. The first-order valence-corrected chi connectivity index (χ1v) is 11.4. The van der Waals surface area contributed by atoms with Crippen LogP contribution >= 0.6 is 0 Å². The van der Waals surface area contributed by atoms with Crippen LogP contribution in [0.3, 0.4) is 0 Å². The van der Waals surface area contributed by atoms with E-state index in [4.69, 9.17) is 4.74 Å². The molecule has 0 aromatic heterocycles. The van der Waals surface area contributed by atoms with E-state index in [-0.39, 0.29) is 35.9 Å². The standard InChI is InChI=1S/C15H19N3O7S2/c1-2-26(21,22)18-7-3-4-12(18)15(20)17-27(23,24)10-5-6-13-11(8-10)16-14(19)9-25-13/h5-6,8,12H,2-4,7,9H2,1H3,(H,16,19)(H,17,20)/t12-/m1/s1. The molecule has 0 bridgehead atoms. The summed E-state index contributed by atoms with van der Waals surface area (Å²) in [6, 6.07) is 2.72. The van der Waals surface area contributed by atoms with E-state index in [0.717, 1.165) is 4.31 Å². The van der Waals surface area contributed by atoms with Crippen LogP contribution in [0.25, 0.3) is 0 Å². The first-order chi connectivity index (χ1) is 12.6. The Balaban J connectivity index is 1.81. The van der Waals surface area contributed by atoms with Crippen molar-refractivity contribution in [1.29, 1.82) is 0 Å². The molecule has 1 fully saturated rings. The van der Waals surface area contributed by atoms with E-state index in [2.05, 4.69) is 5.32 Å². The topological polar surface area (TPSA) is 139 Å². The Morgan fingerprint density at radius 3 is 2.78 bits per heavy atom. The molecule has 2 aliphatic rings. The fraction of sp³-hybridized carbons (Fsp3) is 0.467. The van der Waals surface area contributed by atoms with Gasteiger partial charge >= 0.3 is 0 Å². The normalized spacial score (nSPS) is 20.5. The third-order valence-corrected chi connectivity index (χ3v) is 7.58. The van der Waals surface area contributed by atoms with Crippen LogP contribution in [0.5, 0.6) is 5.75 Å². The molecule has 12 heteroatoms. The first-order valence-electron chi connectivity index (χ1n) is 8.27. The van der Waals surface area contributed by atoms with Crippen LogP contribution in [0.2, 0.25) is 0 Å². The molecule has 2 heterocycles. The molecule has 3 rings (SSSR count). The van der Waals surface area contributed by atoms with Gasteiger partial charge in [0.2, 0.25) is 10.0 Å². The number of benzene rings is 1. The number of rotatable bonds is 5. The van der Waals surface area contributed by atoms with Crippen molar-refractivity contribution in [3.8, 4) is 5.75 Å². The quantitative estimate of drug-likeness (QED) is 0.667. The number of ether oxygens (including phenoxy) is 1. The summed E-state index contributed by atoms with van der Waals surface area (Å²) in [4.78, 5) is 23.6. The Morgan fingerprint density at radius 2 is 2.07 bits per heavy atom. The molecule has 0 spiro atoms. The molecule has 2 amide bonds. The summed E-state index contributed by atoms with van der Waals surface area (Å²) in [6.07, 6.45) is 0.717. The van der Waals surface area contributed by atoms with Crippen LogP contribution in [-0.2, 0) is 29.6 Å². The van der Waals surface area contributed by atoms with Crippen LogP contribution in [0.1, 0.15) is 19.8 Å². The number of nitrogens with zero attached hydrogens (tertiary/aromatic N) is 1. The van der Waals surface area contributed by atoms with E-state index in [1.807, 2.05) is 4.72 Å². The van der Waals surface area contributed by atoms with Crippen molar-refractivity contribution in [3.05, 3.63) is 18.2 Å². The lowest BCUT2D eigenvalue weighted by Crippen LogP contribution is -2.47. The van der Waals surface area contributed by atoms with Crippen molar-refractivity contribution >= 4 is 37.5 Å². The van der Waals surface area contributed by atoms with Gasteiger partial charge in [-0.05, 0) is 38.0 Å². The van der Waals surface area contributed by atoms with Crippen LogP contribution in [0.15, 0.2) is 23.1 Å². The maximum absolute atomic E-state index is 12.5. The number of carbonyl (C=O) groups excluding carboxylic acids is 2. The van der Waals surface area contributed by atoms with E-state index in [1.165, 1.54) is 25.1 Å². The van der Waals surface area contributed by atoms with Gasteiger partial charge in [0.05, 0.1) is 16.3 Å². The van der Waals surface area contributed by atoms with Gasteiger partial charge in [0.25, 0.3) is 21.8 Å². The lowest BCUT2D eigenvalue weighted by molar-refractivity contribution is -0.122. The number of carbonyl (C=O) groups is 2. The van der Waals surface area contributed by atoms with Crippen molar-refractivity contribution < 1.29 is 31.2 Å². The number of amides is 2. The molecule has 0 saturated carbocycles. The second-order valence-electron chi connectivity index (χ2n) is 6.13. The van der Waals surface area contributed by atoms with Crippen molar-refractivity contribution in [3.63, 3.8) is 0 Å². The molecule has 1 saturated heterocycles. The summed E-state index contributed by atoms with van der Waals surface area (Å²) in [5.74, 6) is -1.18. The summed E-state index contributed by atoms with van der Waals surface area (Å²) in [6.45, 7) is 1.47. The van der Waals surface area contributed by atoms with Gasteiger partial charge in [0.1, 0.15) is 11.8 Å². The lowest BCUT2D eigenvalue weighted by Gasteiger charge is -2.23. The second kappa shape index (κ2) is 7.09. The average Bonchev–Trinajstić information content (AvgIpc) is 3.11. The number of hydrogen-bond donors (Lipinski definition) is 2.